The van der Waals surface area contributed by atoms with Crippen LogP contribution in [0.2, 0.25) is 0 Å². The molecule has 1 aromatic heterocycles. The van der Waals surface area contributed by atoms with Gasteiger partial charge in [-0.15, -0.1) is 5.10 Å². The number of alkyl halides is 2. The zero-order valence-electron chi connectivity index (χ0n) is 7.25. The molecule has 78 valence electrons. The summed E-state index contributed by atoms with van der Waals surface area (Å²) in [6.45, 7) is 2.06. The Hall–Kier alpha value is -1.73. The Morgan fingerprint density at radius 2 is 2.43 bits per heavy atom. The molecule has 1 heterocycles. The fraction of sp³-hybridized carbons (Fsp3) is 0.500. The number of aromatic nitrogens is 3. The average molecular weight is 206 g/mol. The molecule has 0 aliphatic heterocycles. The van der Waals surface area contributed by atoms with Crippen molar-refractivity contribution in [1.29, 1.82) is 0 Å². The van der Waals surface area contributed by atoms with Crippen LogP contribution < -0.4 is 10.1 Å². The summed E-state index contributed by atoms with van der Waals surface area (Å²) in [7, 11) is 0. The molecule has 0 saturated carbocycles. The largest absolute Gasteiger partial charge is 0.463 e. The minimum absolute atomic E-state index is 0.00272. The van der Waals surface area contributed by atoms with Gasteiger partial charge in [0.1, 0.15) is 0 Å². The number of amides is 1. The van der Waals surface area contributed by atoms with Crippen molar-refractivity contribution in [2.45, 2.75) is 13.3 Å². The normalized spacial score (nSPS) is 10.3. The van der Waals surface area contributed by atoms with Crippen LogP contribution in [0, 0.1) is 0 Å². The summed E-state index contributed by atoms with van der Waals surface area (Å²) in [5.74, 6) is -1.61. The predicted octanol–water partition coefficient (Wildman–Crippen LogP) is 0.407. The first-order chi connectivity index (χ1) is 6.63. The van der Waals surface area contributed by atoms with E-state index in [1.807, 2.05) is 5.32 Å². The molecule has 0 aromatic carbocycles. The Kier molecular flexibility index (Phi) is 3.32. The van der Waals surface area contributed by atoms with Gasteiger partial charge in [-0.25, -0.2) is 5.10 Å². The maximum Gasteiger partial charge on any atom is 0.337 e. The lowest BCUT2D eigenvalue weighted by Crippen LogP contribution is -2.20. The van der Waals surface area contributed by atoms with Crippen LogP contribution in [0.3, 0.4) is 0 Å². The minimum Gasteiger partial charge on any atom is -0.463 e. The minimum atomic E-state index is -3.09. The van der Waals surface area contributed by atoms with Gasteiger partial charge in [0, 0.05) is 0 Å². The Balaban J connectivity index is 2.55. The molecule has 0 fully saturated rings. The fourth-order valence-electron chi connectivity index (χ4n) is 0.667. The molecule has 0 saturated heterocycles. The van der Waals surface area contributed by atoms with E-state index in [0.29, 0.717) is 6.61 Å². The number of rotatable bonds is 4. The molecule has 0 spiro atoms. The van der Waals surface area contributed by atoms with Crippen LogP contribution in [-0.2, 0) is 4.79 Å². The van der Waals surface area contributed by atoms with Gasteiger partial charge < -0.3 is 4.74 Å². The summed E-state index contributed by atoms with van der Waals surface area (Å²) in [6, 6.07) is -0.00272. The van der Waals surface area contributed by atoms with Gasteiger partial charge in [-0.3, -0.25) is 10.1 Å². The monoisotopic (exact) mass is 206 g/mol. The van der Waals surface area contributed by atoms with Crippen LogP contribution in [0.25, 0.3) is 0 Å². The summed E-state index contributed by atoms with van der Waals surface area (Å²) in [4.78, 5) is 14.1. The predicted molar refractivity (Wildman–Crippen MR) is 42.2 cm³/mol. The van der Waals surface area contributed by atoms with Gasteiger partial charge in [-0.2, -0.15) is 13.8 Å². The van der Waals surface area contributed by atoms with E-state index in [4.69, 9.17) is 4.74 Å². The van der Waals surface area contributed by atoms with E-state index in [2.05, 4.69) is 15.2 Å². The highest BCUT2D eigenvalue weighted by Crippen LogP contribution is 2.06. The molecule has 0 radical (unpaired) electrons. The van der Waals surface area contributed by atoms with Crippen molar-refractivity contribution < 1.29 is 18.3 Å². The Bertz CT molecular complexity index is 315. The number of nitrogens with one attached hydrogen (secondary N) is 2. The molecule has 8 heteroatoms. The topological polar surface area (TPSA) is 79.9 Å². The van der Waals surface area contributed by atoms with E-state index >= 15 is 0 Å². The number of carbonyl (C=O) groups excluding carboxylic acids is 1. The van der Waals surface area contributed by atoms with E-state index in [1.54, 1.807) is 6.92 Å². The van der Waals surface area contributed by atoms with Crippen molar-refractivity contribution in [1.82, 2.24) is 15.2 Å². The summed E-state index contributed by atoms with van der Waals surface area (Å²) >= 11 is 0. The van der Waals surface area contributed by atoms with Gasteiger partial charge in [-0.05, 0) is 6.92 Å². The summed E-state index contributed by atoms with van der Waals surface area (Å²) < 4.78 is 28.4. The van der Waals surface area contributed by atoms with Crippen molar-refractivity contribution in [3.8, 4) is 6.01 Å². The number of ether oxygens (including phenoxy) is 1. The molecule has 0 aliphatic rings. The highest BCUT2D eigenvalue weighted by atomic mass is 19.3. The number of hydrogen-bond acceptors (Lipinski definition) is 4. The van der Waals surface area contributed by atoms with Crippen LogP contribution in [0.5, 0.6) is 6.01 Å². The molecule has 2 N–H and O–H groups in total. The van der Waals surface area contributed by atoms with Crippen LogP contribution in [0.1, 0.15) is 6.92 Å². The van der Waals surface area contributed by atoms with Gasteiger partial charge >= 0.3 is 12.4 Å². The summed E-state index contributed by atoms with van der Waals surface area (Å²) in [5.41, 5.74) is 0. The Morgan fingerprint density at radius 3 is 3.00 bits per heavy atom. The first kappa shape index (κ1) is 10.4. The molecule has 0 atom stereocenters. The molecular weight excluding hydrogens is 198 g/mol. The van der Waals surface area contributed by atoms with Gasteiger partial charge in [0.25, 0.3) is 5.91 Å². The van der Waals surface area contributed by atoms with Crippen molar-refractivity contribution in [3.05, 3.63) is 0 Å². The molecule has 1 amide bonds. The molecule has 0 bridgehead atoms. The van der Waals surface area contributed by atoms with Gasteiger partial charge in [-0.1, -0.05) is 0 Å². The number of hydrogen-bond donors (Lipinski definition) is 2. The number of nitrogens with zero attached hydrogens (tertiary/aromatic N) is 2. The number of H-pyrrole nitrogens is 1. The third-order valence-electron chi connectivity index (χ3n) is 1.18. The molecule has 1 rings (SSSR count). The number of aromatic amines is 1. The molecule has 0 unspecified atom stereocenters. The molecule has 0 aliphatic carbocycles. The van der Waals surface area contributed by atoms with Crippen molar-refractivity contribution in [2.75, 3.05) is 11.9 Å². The van der Waals surface area contributed by atoms with Gasteiger partial charge in [0.2, 0.25) is 5.95 Å². The number of carbonyl (C=O) groups is 1. The van der Waals surface area contributed by atoms with Crippen molar-refractivity contribution >= 4 is 11.9 Å². The van der Waals surface area contributed by atoms with E-state index < -0.39 is 12.3 Å². The van der Waals surface area contributed by atoms with Crippen molar-refractivity contribution in [3.63, 3.8) is 0 Å². The smallest absolute Gasteiger partial charge is 0.337 e. The molecule has 6 nitrogen and oxygen atoms in total. The maximum absolute atomic E-state index is 11.8. The second-order valence-corrected chi connectivity index (χ2v) is 2.19. The van der Waals surface area contributed by atoms with Crippen LogP contribution >= 0.6 is 0 Å². The first-order valence-electron chi connectivity index (χ1n) is 3.77. The zero-order valence-corrected chi connectivity index (χ0v) is 7.25. The van der Waals surface area contributed by atoms with E-state index in [1.165, 1.54) is 0 Å². The SMILES string of the molecule is CCOc1n[nH]c(NC(=O)C(F)F)n1. The van der Waals surface area contributed by atoms with Gasteiger partial charge in [0.15, 0.2) is 0 Å². The Morgan fingerprint density at radius 1 is 1.71 bits per heavy atom. The van der Waals surface area contributed by atoms with Crippen LogP contribution in [0.15, 0.2) is 0 Å². The highest BCUT2D eigenvalue weighted by molar-refractivity contribution is 5.91. The third kappa shape index (κ3) is 2.64. The second-order valence-electron chi connectivity index (χ2n) is 2.19. The summed E-state index contributed by atoms with van der Waals surface area (Å²) in [6.07, 6.45) is -3.09. The molecule has 1 aromatic rings. The second kappa shape index (κ2) is 4.49. The van der Waals surface area contributed by atoms with Crippen LogP contribution in [-0.4, -0.2) is 34.1 Å². The number of anilines is 1. The summed E-state index contributed by atoms with van der Waals surface area (Å²) in [5, 5.41) is 7.55. The fourth-order valence-corrected chi connectivity index (χ4v) is 0.667. The standard InChI is InChI=1S/C6H8F2N4O2/c1-2-14-6-10-5(11-12-6)9-4(13)3(7)8/h3H,2H2,1H3,(H2,9,10,11,12,13). The van der Waals surface area contributed by atoms with Crippen LogP contribution in [0.4, 0.5) is 14.7 Å². The molecular formula is C6H8F2N4O2. The number of halogens is 2. The lowest BCUT2D eigenvalue weighted by molar-refractivity contribution is -0.126. The molecule has 14 heavy (non-hydrogen) atoms. The van der Waals surface area contributed by atoms with E-state index in [-0.39, 0.29) is 12.0 Å². The van der Waals surface area contributed by atoms with E-state index in [9.17, 15) is 13.6 Å². The van der Waals surface area contributed by atoms with E-state index in [0.717, 1.165) is 0 Å². The van der Waals surface area contributed by atoms with Crippen molar-refractivity contribution in [2.24, 2.45) is 0 Å². The first-order valence-corrected chi connectivity index (χ1v) is 3.77. The third-order valence-corrected chi connectivity index (χ3v) is 1.18. The Labute approximate surface area is 77.7 Å². The van der Waals surface area contributed by atoms with Gasteiger partial charge in [0.05, 0.1) is 6.61 Å². The quantitative estimate of drug-likeness (QED) is 0.747. The lowest BCUT2D eigenvalue weighted by atomic mass is 10.6. The lowest BCUT2D eigenvalue weighted by Gasteiger charge is -1.97. The average Bonchev–Trinajstić information content (AvgIpc) is 2.53. The highest BCUT2D eigenvalue weighted by Gasteiger charge is 2.16. The zero-order chi connectivity index (χ0) is 10.6. The maximum atomic E-state index is 11.8.